The molecule has 0 aliphatic heterocycles. The fourth-order valence-electron chi connectivity index (χ4n) is 6.99. The van der Waals surface area contributed by atoms with Gasteiger partial charge in [0.1, 0.15) is 5.82 Å². The second-order valence-electron chi connectivity index (χ2n) is 11.8. The molecule has 7 aromatic carbocycles. The van der Waals surface area contributed by atoms with Gasteiger partial charge < -0.3 is 0 Å². The molecule has 3 nitrogen and oxygen atoms in total. The number of hydrogen-bond donors (Lipinski definition) is 0. The highest BCUT2D eigenvalue weighted by Gasteiger charge is 2.19. The number of pyridine rings is 1. The molecule has 0 aliphatic carbocycles. The Morgan fingerprint density at radius 2 is 0.915 bits per heavy atom. The molecule has 0 atom stereocenters. The number of hydrogen-bond acceptors (Lipinski definition) is 2. The van der Waals surface area contributed by atoms with E-state index in [1.165, 1.54) is 49.4 Å². The van der Waals surface area contributed by atoms with E-state index < -0.39 is 0 Å². The Kier molecular flexibility index (Phi) is 6.46. The molecular weight excluding hydrogens is 571 g/mol. The molecular formula is C44H29N3. The Bertz CT molecular complexity index is 2490. The van der Waals surface area contributed by atoms with Gasteiger partial charge in [-0.15, -0.1) is 0 Å². The van der Waals surface area contributed by atoms with Crippen molar-refractivity contribution in [1.29, 1.82) is 0 Å². The molecule has 0 radical (unpaired) electrons. The zero-order valence-corrected chi connectivity index (χ0v) is 25.6. The summed E-state index contributed by atoms with van der Waals surface area (Å²) < 4.78 is 2.29. The predicted octanol–water partition coefficient (Wildman–Crippen LogP) is 11.4. The summed E-state index contributed by atoms with van der Waals surface area (Å²) in [6, 6.07) is 58.4. The molecule has 220 valence electrons. The Labute approximate surface area is 273 Å². The van der Waals surface area contributed by atoms with Gasteiger partial charge in [0.2, 0.25) is 0 Å². The van der Waals surface area contributed by atoms with Crippen LogP contribution in [0, 0.1) is 0 Å². The van der Waals surface area contributed by atoms with Crippen molar-refractivity contribution in [3.63, 3.8) is 0 Å². The van der Waals surface area contributed by atoms with Crippen LogP contribution in [0.3, 0.4) is 0 Å². The van der Waals surface area contributed by atoms with E-state index in [-0.39, 0.29) is 0 Å². The first-order valence-electron chi connectivity index (χ1n) is 15.9. The standard InChI is InChI=1S/C44H29N3/c1-2-11-33(12-3-1)44-46-40-19-8-9-20-41(40)47(44)35-14-10-13-34(29-35)43-38-17-6-4-15-36(38)42(37-16-5-7-18-39(37)43)32-23-21-30(22-24-32)31-25-27-45-28-26-31/h1-29H. The first kappa shape index (κ1) is 27.0. The third-order valence-corrected chi connectivity index (χ3v) is 9.10. The lowest BCUT2D eigenvalue weighted by Gasteiger charge is -2.19. The second kappa shape index (κ2) is 11.2. The predicted molar refractivity (Wildman–Crippen MR) is 196 cm³/mol. The van der Waals surface area contributed by atoms with Crippen LogP contribution in [0.2, 0.25) is 0 Å². The molecule has 0 saturated carbocycles. The van der Waals surface area contributed by atoms with Gasteiger partial charge in [0.15, 0.2) is 0 Å². The minimum atomic E-state index is 0.934. The van der Waals surface area contributed by atoms with Crippen LogP contribution < -0.4 is 0 Å². The molecule has 2 heterocycles. The molecule has 0 saturated heterocycles. The summed E-state index contributed by atoms with van der Waals surface area (Å²) >= 11 is 0. The van der Waals surface area contributed by atoms with E-state index in [1.807, 2.05) is 18.5 Å². The fourth-order valence-corrected chi connectivity index (χ4v) is 6.99. The van der Waals surface area contributed by atoms with E-state index in [4.69, 9.17) is 4.98 Å². The lowest BCUT2D eigenvalue weighted by molar-refractivity contribution is 1.10. The lowest BCUT2D eigenvalue weighted by Crippen LogP contribution is -1.98. The maximum Gasteiger partial charge on any atom is 0.145 e. The van der Waals surface area contributed by atoms with Crippen LogP contribution in [-0.4, -0.2) is 14.5 Å². The Morgan fingerprint density at radius 3 is 1.60 bits per heavy atom. The third-order valence-electron chi connectivity index (χ3n) is 9.10. The molecule has 0 unspecified atom stereocenters. The van der Waals surface area contributed by atoms with Crippen LogP contribution in [0.25, 0.3) is 83.0 Å². The zero-order valence-electron chi connectivity index (χ0n) is 25.6. The van der Waals surface area contributed by atoms with Crippen molar-refractivity contribution in [3.05, 3.63) is 176 Å². The van der Waals surface area contributed by atoms with Gasteiger partial charge in [-0.3, -0.25) is 9.55 Å². The van der Waals surface area contributed by atoms with Crippen LogP contribution in [0.4, 0.5) is 0 Å². The van der Waals surface area contributed by atoms with E-state index in [9.17, 15) is 0 Å². The highest BCUT2D eigenvalue weighted by molar-refractivity contribution is 6.21. The van der Waals surface area contributed by atoms with Crippen molar-refractivity contribution in [3.8, 4) is 50.5 Å². The number of imidazole rings is 1. The summed E-state index contributed by atoms with van der Waals surface area (Å²) in [6.07, 6.45) is 3.69. The van der Waals surface area contributed by atoms with E-state index >= 15 is 0 Å². The zero-order chi connectivity index (χ0) is 31.2. The van der Waals surface area contributed by atoms with Crippen molar-refractivity contribution in [2.45, 2.75) is 0 Å². The smallest absolute Gasteiger partial charge is 0.145 e. The number of rotatable bonds is 5. The summed E-state index contributed by atoms with van der Waals surface area (Å²) in [5, 5.41) is 4.94. The molecule has 0 N–H and O–H groups in total. The molecule has 3 heteroatoms. The van der Waals surface area contributed by atoms with Crippen LogP contribution >= 0.6 is 0 Å². The first-order valence-corrected chi connectivity index (χ1v) is 15.9. The van der Waals surface area contributed by atoms with Crippen LogP contribution in [-0.2, 0) is 0 Å². The Morgan fingerprint density at radius 1 is 0.383 bits per heavy atom. The monoisotopic (exact) mass is 599 g/mol. The SMILES string of the molecule is c1ccc(-c2nc3ccccc3n2-c2cccc(-c3c4ccccc4c(-c4ccc(-c5ccncc5)cc4)c4ccccc34)c2)cc1. The summed E-state index contributed by atoms with van der Waals surface area (Å²) in [6.45, 7) is 0. The van der Waals surface area contributed by atoms with Gasteiger partial charge in [-0.25, -0.2) is 4.98 Å². The summed E-state index contributed by atoms with van der Waals surface area (Å²) in [5.74, 6) is 0.934. The lowest BCUT2D eigenvalue weighted by atomic mass is 9.85. The van der Waals surface area contributed by atoms with Crippen molar-refractivity contribution in [2.24, 2.45) is 0 Å². The van der Waals surface area contributed by atoms with Gasteiger partial charge in [-0.1, -0.05) is 127 Å². The molecule has 0 amide bonds. The molecule has 0 aliphatic rings. The van der Waals surface area contributed by atoms with Crippen LogP contribution in [0.1, 0.15) is 0 Å². The van der Waals surface area contributed by atoms with E-state index in [2.05, 4.69) is 167 Å². The quantitative estimate of drug-likeness (QED) is 0.184. The maximum atomic E-state index is 5.09. The minimum Gasteiger partial charge on any atom is -0.292 e. The largest absolute Gasteiger partial charge is 0.292 e. The average Bonchev–Trinajstić information content (AvgIpc) is 3.54. The van der Waals surface area contributed by atoms with Gasteiger partial charge >= 0.3 is 0 Å². The highest BCUT2D eigenvalue weighted by Crippen LogP contribution is 2.44. The first-order chi connectivity index (χ1) is 23.3. The fraction of sp³-hybridized carbons (Fsp3) is 0. The third kappa shape index (κ3) is 4.60. The molecule has 47 heavy (non-hydrogen) atoms. The van der Waals surface area contributed by atoms with E-state index in [0.717, 1.165) is 33.7 Å². The minimum absolute atomic E-state index is 0.934. The van der Waals surface area contributed by atoms with Gasteiger partial charge in [0.05, 0.1) is 11.0 Å². The van der Waals surface area contributed by atoms with Crippen molar-refractivity contribution in [1.82, 2.24) is 14.5 Å². The maximum absolute atomic E-state index is 5.09. The van der Waals surface area contributed by atoms with Crippen molar-refractivity contribution < 1.29 is 0 Å². The number of aromatic nitrogens is 3. The van der Waals surface area contributed by atoms with Crippen molar-refractivity contribution >= 4 is 32.6 Å². The topological polar surface area (TPSA) is 30.7 Å². The molecule has 0 spiro atoms. The van der Waals surface area contributed by atoms with Gasteiger partial charge in [0.25, 0.3) is 0 Å². The number of nitrogens with zero attached hydrogens (tertiary/aromatic N) is 3. The Hall–Kier alpha value is -6.32. The summed E-state index contributed by atoms with van der Waals surface area (Å²) in [4.78, 5) is 9.28. The van der Waals surface area contributed by atoms with Crippen molar-refractivity contribution in [2.75, 3.05) is 0 Å². The van der Waals surface area contributed by atoms with Gasteiger partial charge in [-0.2, -0.15) is 0 Å². The Balaban J connectivity index is 1.26. The highest BCUT2D eigenvalue weighted by atomic mass is 15.1. The molecule has 0 fully saturated rings. The van der Waals surface area contributed by atoms with Gasteiger partial charge in [-0.05, 0) is 91.3 Å². The molecule has 9 rings (SSSR count). The average molecular weight is 600 g/mol. The van der Waals surface area contributed by atoms with Gasteiger partial charge in [0, 0.05) is 23.6 Å². The summed E-state index contributed by atoms with van der Waals surface area (Å²) in [5.41, 5.74) is 11.4. The number of para-hydroxylation sites is 2. The number of fused-ring (bicyclic) bond motifs is 3. The second-order valence-corrected chi connectivity index (χ2v) is 11.8. The van der Waals surface area contributed by atoms with Crippen LogP contribution in [0.5, 0.6) is 0 Å². The number of benzene rings is 7. The normalized spacial score (nSPS) is 11.4. The van der Waals surface area contributed by atoms with E-state index in [0.29, 0.717) is 0 Å². The van der Waals surface area contributed by atoms with E-state index in [1.54, 1.807) is 0 Å². The molecule has 9 aromatic rings. The summed E-state index contributed by atoms with van der Waals surface area (Å²) in [7, 11) is 0. The van der Waals surface area contributed by atoms with Crippen LogP contribution in [0.15, 0.2) is 176 Å². The molecule has 0 bridgehead atoms. The molecule has 2 aromatic heterocycles.